The van der Waals surface area contributed by atoms with E-state index in [1.807, 2.05) is 91.0 Å². The molecule has 0 spiro atoms. The van der Waals surface area contributed by atoms with Gasteiger partial charge in [0.15, 0.2) is 9.92 Å². The SMILES string of the molecule is CN(C(=O)OC(C)(C)C)[C@@H]1COc2c([S@@](=O)(=NC(c3ccccc3)(c3ccccc3)c3ccccc3)NC(=O)Nc3c4c(c(F)c5c3CC5)CCC4)cnn2C1. The molecule has 0 unspecified atom stereocenters. The first-order valence-electron chi connectivity index (χ1n) is 18.9. The molecule has 56 heavy (non-hydrogen) atoms. The highest BCUT2D eigenvalue weighted by atomic mass is 32.2. The number of benzene rings is 4. The third-order valence-corrected chi connectivity index (χ3v) is 12.6. The summed E-state index contributed by atoms with van der Waals surface area (Å²) in [6.45, 7) is 5.65. The molecule has 2 atom stereocenters. The van der Waals surface area contributed by atoms with Crippen LogP contribution in [0, 0.1) is 5.82 Å². The van der Waals surface area contributed by atoms with Crippen molar-refractivity contribution in [3.63, 3.8) is 0 Å². The first kappa shape index (κ1) is 37.2. The Morgan fingerprint density at radius 1 is 0.875 bits per heavy atom. The zero-order valence-corrected chi connectivity index (χ0v) is 32.7. The number of hydrogen-bond donors (Lipinski definition) is 2. The van der Waals surface area contributed by atoms with Crippen LogP contribution in [0.4, 0.5) is 19.7 Å². The monoisotopic (exact) mass is 776 g/mol. The van der Waals surface area contributed by atoms with Gasteiger partial charge >= 0.3 is 12.1 Å². The lowest BCUT2D eigenvalue weighted by Gasteiger charge is -2.34. The number of fused-ring (bicyclic) bond motifs is 3. The second-order valence-corrected chi connectivity index (χ2v) is 17.4. The van der Waals surface area contributed by atoms with E-state index in [0.29, 0.717) is 59.2 Å². The highest BCUT2D eigenvalue weighted by molar-refractivity contribution is 7.92. The van der Waals surface area contributed by atoms with Crippen molar-refractivity contribution >= 4 is 27.7 Å². The molecule has 3 amide bonds. The fourth-order valence-corrected chi connectivity index (χ4v) is 9.77. The summed E-state index contributed by atoms with van der Waals surface area (Å²) in [5, 5.41) is 7.58. The molecule has 0 fully saturated rings. The number of anilines is 1. The first-order chi connectivity index (χ1) is 26.9. The summed E-state index contributed by atoms with van der Waals surface area (Å²) >= 11 is 0. The fourth-order valence-electron chi connectivity index (χ4n) is 7.92. The Morgan fingerprint density at radius 3 is 1.96 bits per heavy atom. The number of amides is 3. The summed E-state index contributed by atoms with van der Waals surface area (Å²) in [6, 6.07) is 27.4. The van der Waals surface area contributed by atoms with E-state index in [1.165, 1.54) is 15.8 Å². The van der Waals surface area contributed by atoms with Crippen LogP contribution in [0.5, 0.6) is 5.88 Å². The summed E-state index contributed by atoms with van der Waals surface area (Å²) in [6.07, 6.45) is 4.17. The van der Waals surface area contributed by atoms with Crippen LogP contribution in [-0.4, -0.2) is 56.3 Å². The van der Waals surface area contributed by atoms with Crippen molar-refractivity contribution in [1.82, 2.24) is 19.4 Å². The number of aromatic nitrogens is 2. The number of nitrogens with zero attached hydrogens (tertiary/aromatic N) is 4. The number of halogens is 1. The Morgan fingerprint density at radius 2 is 1.41 bits per heavy atom. The van der Waals surface area contributed by atoms with Crippen molar-refractivity contribution < 1.29 is 27.7 Å². The van der Waals surface area contributed by atoms with E-state index in [4.69, 9.17) is 13.8 Å². The van der Waals surface area contributed by atoms with Gasteiger partial charge in [-0.15, -0.1) is 0 Å². The predicted molar refractivity (Wildman–Crippen MR) is 212 cm³/mol. The van der Waals surface area contributed by atoms with E-state index < -0.39 is 39.2 Å². The van der Waals surface area contributed by atoms with Crippen molar-refractivity contribution in [1.29, 1.82) is 0 Å². The van der Waals surface area contributed by atoms with Crippen LogP contribution in [0.25, 0.3) is 0 Å². The Kier molecular flexibility index (Phi) is 9.60. The summed E-state index contributed by atoms with van der Waals surface area (Å²) in [5.41, 5.74) is 3.47. The van der Waals surface area contributed by atoms with Gasteiger partial charge in [0.25, 0.3) is 0 Å². The van der Waals surface area contributed by atoms with Gasteiger partial charge in [-0.25, -0.2) is 27.6 Å². The van der Waals surface area contributed by atoms with Crippen LogP contribution < -0.4 is 14.8 Å². The van der Waals surface area contributed by atoms with Crippen LogP contribution in [0.1, 0.15) is 66.1 Å². The molecule has 5 aromatic rings. The van der Waals surface area contributed by atoms with Crippen molar-refractivity contribution in [3.8, 4) is 5.88 Å². The minimum atomic E-state index is -4.02. The van der Waals surface area contributed by atoms with Crippen molar-refractivity contribution in [2.75, 3.05) is 19.0 Å². The molecule has 1 aliphatic heterocycles. The van der Waals surface area contributed by atoms with Gasteiger partial charge in [-0.05, 0) is 91.8 Å². The standard InChI is InChI=1S/C43H45FN6O5S/c1-42(2,3)55-41(52)49(4)31-26-50-39(54-27-31)36(25-45-50)56(53,47-40(51)46-38-34-22-14-21-32(34)37(44)33-23-24-35(33)38)48-43(28-15-8-5-9-16-28,29-17-10-6-11-18-29)30-19-12-7-13-20-30/h5-13,15-20,25,31H,14,21-24,26-27H2,1-4H3,(H2,46,47,48,51,53)/t31-,56-/m0/s1. The predicted octanol–water partition coefficient (Wildman–Crippen LogP) is 7.79. The minimum absolute atomic E-state index is 0.0468. The van der Waals surface area contributed by atoms with Gasteiger partial charge in [0, 0.05) is 12.7 Å². The lowest BCUT2D eigenvalue weighted by Crippen LogP contribution is -2.48. The number of nitrogens with one attached hydrogen (secondary N) is 2. The number of ether oxygens (including phenoxy) is 2. The van der Waals surface area contributed by atoms with Crippen LogP contribution in [0.3, 0.4) is 0 Å². The topological polar surface area (TPSA) is 127 Å². The van der Waals surface area contributed by atoms with E-state index >= 15 is 8.60 Å². The van der Waals surface area contributed by atoms with E-state index in [0.717, 1.165) is 17.5 Å². The lowest BCUT2D eigenvalue weighted by atomic mass is 9.78. The molecule has 3 aliphatic rings. The lowest BCUT2D eigenvalue weighted by molar-refractivity contribution is 0.0101. The van der Waals surface area contributed by atoms with Crippen molar-refractivity contribution in [3.05, 3.63) is 142 Å². The van der Waals surface area contributed by atoms with E-state index in [1.54, 1.807) is 27.8 Å². The largest absolute Gasteiger partial charge is 0.475 e. The van der Waals surface area contributed by atoms with E-state index in [-0.39, 0.29) is 29.7 Å². The average molecular weight is 777 g/mol. The number of hydrogen-bond acceptors (Lipinski definition) is 7. The highest BCUT2D eigenvalue weighted by Gasteiger charge is 2.42. The average Bonchev–Trinajstić information content (AvgIpc) is 3.84. The van der Waals surface area contributed by atoms with Gasteiger partial charge in [0.05, 0.1) is 18.8 Å². The van der Waals surface area contributed by atoms with Gasteiger partial charge in [0.1, 0.15) is 28.5 Å². The van der Waals surface area contributed by atoms with Gasteiger partial charge in [-0.3, -0.25) is 0 Å². The van der Waals surface area contributed by atoms with Crippen molar-refractivity contribution in [2.24, 2.45) is 4.36 Å². The Labute approximate surface area is 326 Å². The molecule has 290 valence electrons. The maximum atomic E-state index is 16.2. The summed E-state index contributed by atoms with van der Waals surface area (Å²) in [4.78, 5) is 28.9. The van der Waals surface area contributed by atoms with E-state index in [9.17, 15) is 9.59 Å². The molecule has 2 heterocycles. The Bertz CT molecular complexity index is 2330. The molecular formula is C43H45FN6O5S. The van der Waals surface area contributed by atoms with Gasteiger partial charge in [0.2, 0.25) is 5.88 Å². The fraction of sp³-hybridized carbons (Fsp3) is 0.326. The molecule has 8 rings (SSSR count). The quantitative estimate of drug-likeness (QED) is 0.155. The van der Waals surface area contributed by atoms with Gasteiger partial charge in [-0.2, -0.15) is 9.46 Å². The Hall–Kier alpha value is -5.69. The molecule has 1 aromatic heterocycles. The van der Waals surface area contributed by atoms with Crippen molar-refractivity contribution in [2.45, 2.75) is 81.5 Å². The normalized spacial score (nSPS) is 16.8. The zero-order valence-electron chi connectivity index (χ0n) is 31.9. The summed E-state index contributed by atoms with van der Waals surface area (Å²) in [5.74, 6) is -0.0103. The molecule has 11 nitrogen and oxygen atoms in total. The third kappa shape index (κ3) is 6.67. The Balaban J connectivity index is 1.28. The van der Waals surface area contributed by atoms with Crippen LogP contribution in [0.15, 0.2) is 106 Å². The number of likely N-dealkylation sites (N-methyl/N-ethyl adjacent to an activating group) is 1. The summed E-state index contributed by atoms with van der Waals surface area (Å²) < 4.78 is 53.1. The van der Waals surface area contributed by atoms with Gasteiger partial charge < -0.3 is 19.7 Å². The number of carbonyl (C=O) groups is 2. The maximum absolute atomic E-state index is 16.2. The van der Waals surface area contributed by atoms with Crippen LogP contribution >= 0.6 is 0 Å². The summed E-state index contributed by atoms with van der Waals surface area (Å²) in [7, 11) is -2.38. The van der Waals surface area contributed by atoms with Gasteiger partial charge in [-0.1, -0.05) is 91.0 Å². The van der Waals surface area contributed by atoms with Crippen LogP contribution in [0.2, 0.25) is 0 Å². The molecule has 2 aliphatic carbocycles. The second-order valence-electron chi connectivity index (χ2n) is 15.5. The smallest absolute Gasteiger partial charge is 0.410 e. The first-order valence-corrected chi connectivity index (χ1v) is 20.4. The molecule has 0 radical (unpaired) electrons. The molecule has 0 saturated carbocycles. The molecule has 0 bridgehead atoms. The minimum Gasteiger partial charge on any atom is -0.475 e. The molecule has 4 aromatic carbocycles. The number of rotatable bonds is 8. The zero-order chi connectivity index (χ0) is 39.2. The molecule has 0 saturated heterocycles. The number of urea groups is 1. The third-order valence-electron chi connectivity index (χ3n) is 10.7. The maximum Gasteiger partial charge on any atom is 0.410 e. The van der Waals surface area contributed by atoms with E-state index in [2.05, 4.69) is 15.1 Å². The highest BCUT2D eigenvalue weighted by Crippen LogP contribution is 2.45. The van der Waals surface area contributed by atoms with Crippen LogP contribution in [-0.2, 0) is 52.4 Å². The molecule has 2 N–H and O–H groups in total. The number of carbonyl (C=O) groups excluding carboxylic acids is 2. The molecule has 13 heteroatoms. The molecular weight excluding hydrogens is 732 g/mol. The second kappa shape index (κ2) is 14.4.